The molecule has 0 saturated carbocycles. The Morgan fingerprint density at radius 3 is 1.70 bits per heavy atom. The van der Waals surface area contributed by atoms with Crippen LogP contribution >= 0.6 is 24.8 Å². The molecule has 0 amide bonds. The van der Waals surface area contributed by atoms with Gasteiger partial charge in [-0.25, -0.2) is 0 Å². The topological polar surface area (TPSA) is 23.8 Å². The average molecular weight is 184 g/mol. The maximum absolute atomic E-state index is 8.33. The zero-order chi connectivity index (χ0) is 6.57. The zero-order valence-electron chi connectivity index (χ0n) is 6.63. The van der Waals surface area contributed by atoms with E-state index in [1.54, 1.807) is 0 Å². The molecule has 0 fully saturated rings. The molecule has 0 rings (SSSR count). The molecule has 0 saturated heterocycles. The minimum Gasteiger partial charge on any atom is -0.198 e. The Balaban J connectivity index is -0.000000245. The van der Waals surface area contributed by atoms with Crippen molar-refractivity contribution in [1.82, 2.24) is 0 Å². The van der Waals surface area contributed by atoms with Crippen LogP contribution in [0.1, 0.15) is 27.2 Å². The van der Waals surface area contributed by atoms with Crippen LogP contribution in [0.15, 0.2) is 0 Å². The van der Waals surface area contributed by atoms with Gasteiger partial charge in [0.05, 0.1) is 6.07 Å². The molecule has 1 unspecified atom stereocenters. The van der Waals surface area contributed by atoms with Crippen LogP contribution in [0.25, 0.3) is 0 Å². The molecule has 0 aliphatic heterocycles. The predicted molar refractivity (Wildman–Crippen MR) is 48.7 cm³/mol. The summed E-state index contributed by atoms with van der Waals surface area (Å²) in [5.41, 5.74) is 0. The first-order valence-electron chi connectivity index (χ1n) is 3.06. The fourth-order valence-electron chi connectivity index (χ4n) is 0.760. The largest absolute Gasteiger partial charge is 0.198 e. The molecule has 0 aliphatic carbocycles. The van der Waals surface area contributed by atoms with Gasteiger partial charge in [-0.15, -0.1) is 24.8 Å². The van der Waals surface area contributed by atoms with Crippen molar-refractivity contribution in [2.24, 2.45) is 11.8 Å². The Morgan fingerprint density at radius 2 is 1.60 bits per heavy atom. The van der Waals surface area contributed by atoms with Crippen LogP contribution in [0.2, 0.25) is 0 Å². The van der Waals surface area contributed by atoms with E-state index < -0.39 is 0 Å². The molecule has 1 atom stereocenters. The summed E-state index contributed by atoms with van der Waals surface area (Å²) >= 11 is 0. The minimum absolute atomic E-state index is 0. The van der Waals surface area contributed by atoms with Crippen LogP contribution in [-0.2, 0) is 0 Å². The number of hydrogen-bond acceptors (Lipinski definition) is 1. The Kier molecular flexibility index (Phi) is 15.0. The van der Waals surface area contributed by atoms with Crippen LogP contribution < -0.4 is 0 Å². The first kappa shape index (κ1) is 16.6. The summed E-state index contributed by atoms with van der Waals surface area (Å²) in [6.45, 7) is 6.22. The third-order valence-corrected chi connectivity index (χ3v) is 1.05. The lowest BCUT2D eigenvalue weighted by molar-refractivity contribution is 0.510. The molecular formula is C7H15Cl2N. The molecule has 3 heteroatoms. The molecule has 0 spiro atoms. The highest BCUT2D eigenvalue weighted by molar-refractivity contribution is 5.85. The molecule has 0 N–H and O–H groups in total. The Morgan fingerprint density at radius 1 is 1.20 bits per heavy atom. The van der Waals surface area contributed by atoms with Gasteiger partial charge < -0.3 is 0 Å². The van der Waals surface area contributed by atoms with Gasteiger partial charge in [-0.3, -0.25) is 0 Å². The lowest BCUT2D eigenvalue weighted by Gasteiger charge is -2.03. The summed E-state index contributed by atoms with van der Waals surface area (Å²) in [6.07, 6.45) is 1.02. The van der Waals surface area contributed by atoms with E-state index in [2.05, 4.69) is 19.9 Å². The van der Waals surface area contributed by atoms with Crippen molar-refractivity contribution in [1.29, 1.82) is 5.26 Å². The Bertz CT molecular complexity index is 96.3. The summed E-state index contributed by atoms with van der Waals surface area (Å²) in [7, 11) is 0. The van der Waals surface area contributed by atoms with Gasteiger partial charge in [-0.05, 0) is 19.3 Å². The SMILES string of the molecule is CC(C)CC(C)C#N.Cl.Cl. The quantitative estimate of drug-likeness (QED) is 0.647. The Labute approximate surface area is 75.6 Å². The van der Waals surface area contributed by atoms with E-state index in [-0.39, 0.29) is 30.7 Å². The highest BCUT2D eigenvalue weighted by Crippen LogP contribution is 2.08. The van der Waals surface area contributed by atoms with Crippen molar-refractivity contribution in [3.8, 4) is 6.07 Å². The molecule has 0 heterocycles. The monoisotopic (exact) mass is 183 g/mol. The second-order valence-electron chi connectivity index (χ2n) is 2.66. The van der Waals surface area contributed by atoms with E-state index in [0.717, 1.165) is 6.42 Å². The van der Waals surface area contributed by atoms with Crippen molar-refractivity contribution in [3.05, 3.63) is 0 Å². The van der Waals surface area contributed by atoms with Crippen LogP contribution in [0.5, 0.6) is 0 Å². The van der Waals surface area contributed by atoms with E-state index in [1.807, 2.05) is 6.92 Å². The first-order valence-corrected chi connectivity index (χ1v) is 3.06. The Hall–Kier alpha value is 0.0700. The third kappa shape index (κ3) is 10.9. The van der Waals surface area contributed by atoms with E-state index >= 15 is 0 Å². The molecular weight excluding hydrogens is 169 g/mol. The molecule has 0 bridgehead atoms. The van der Waals surface area contributed by atoms with Crippen molar-refractivity contribution in [2.75, 3.05) is 0 Å². The van der Waals surface area contributed by atoms with Crippen molar-refractivity contribution < 1.29 is 0 Å². The normalized spacial score (nSPS) is 10.7. The molecule has 0 radical (unpaired) electrons. The predicted octanol–water partition coefficient (Wildman–Crippen LogP) is 3.04. The van der Waals surface area contributed by atoms with Gasteiger partial charge in [0.2, 0.25) is 0 Å². The second-order valence-corrected chi connectivity index (χ2v) is 2.66. The van der Waals surface area contributed by atoms with Gasteiger partial charge in [-0.1, -0.05) is 13.8 Å². The van der Waals surface area contributed by atoms with Crippen LogP contribution in [0, 0.1) is 23.2 Å². The molecule has 0 aromatic rings. The lowest BCUT2D eigenvalue weighted by atomic mass is 10.0. The molecule has 0 aromatic heterocycles. The van der Waals surface area contributed by atoms with E-state index in [0.29, 0.717) is 5.92 Å². The molecule has 1 nitrogen and oxygen atoms in total. The highest BCUT2D eigenvalue weighted by Gasteiger charge is 2.00. The number of nitriles is 1. The summed E-state index contributed by atoms with van der Waals surface area (Å²) in [6, 6.07) is 2.20. The number of rotatable bonds is 2. The summed E-state index contributed by atoms with van der Waals surface area (Å²) in [4.78, 5) is 0. The van der Waals surface area contributed by atoms with Gasteiger partial charge in [0.15, 0.2) is 0 Å². The fraction of sp³-hybridized carbons (Fsp3) is 0.857. The molecule has 0 aromatic carbocycles. The number of nitrogens with zero attached hydrogens (tertiary/aromatic N) is 1. The minimum atomic E-state index is 0. The molecule has 0 aliphatic rings. The van der Waals surface area contributed by atoms with Crippen LogP contribution in [0.3, 0.4) is 0 Å². The summed E-state index contributed by atoms with van der Waals surface area (Å²) in [5.74, 6) is 0.889. The summed E-state index contributed by atoms with van der Waals surface area (Å²) < 4.78 is 0. The van der Waals surface area contributed by atoms with Gasteiger partial charge in [0.25, 0.3) is 0 Å². The zero-order valence-corrected chi connectivity index (χ0v) is 8.26. The van der Waals surface area contributed by atoms with E-state index in [9.17, 15) is 0 Å². The number of hydrogen-bond donors (Lipinski definition) is 0. The van der Waals surface area contributed by atoms with Crippen LogP contribution in [0.4, 0.5) is 0 Å². The van der Waals surface area contributed by atoms with Gasteiger partial charge >= 0.3 is 0 Å². The third-order valence-electron chi connectivity index (χ3n) is 1.05. The van der Waals surface area contributed by atoms with Crippen LogP contribution in [-0.4, -0.2) is 0 Å². The first-order chi connectivity index (χ1) is 3.66. The summed E-state index contributed by atoms with van der Waals surface area (Å²) in [5, 5.41) is 8.33. The van der Waals surface area contributed by atoms with Crippen molar-refractivity contribution in [2.45, 2.75) is 27.2 Å². The van der Waals surface area contributed by atoms with Crippen molar-refractivity contribution in [3.63, 3.8) is 0 Å². The van der Waals surface area contributed by atoms with Gasteiger partial charge in [-0.2, -0.15) is 5.26 Å². The molecule has 62 valence electrons. The second kappa shape index (κ2) is 9.07. The number of halogens is 2. The maximum Gasteiger partial charge on any atom is 0.0652 e. The lowest BCUT2D eigenvalue weighted by Crippen LogP contribution is -1.95. The van der Waals surface area contributed by atoms with Gasteiger partial charge in [0, 0.05) is 5.92 Å². The average Bonchev–Trinajstić information content (AvgIpc) is 1.65. The van der Waals surface area contributed by atoms with E-state index in [1.165, 1.54) is 0 Å². The fourth-order valence-corrected chi connectivity index (χ4v) is 0.760. The smallest absolute Gasteiger partial charge is 0.0652 e. The molecule has 10 heavy (non-hydrogen) atoms. The van der Waals surface area contributed by atoms with Gasteiger partial charge in [0.1, 0.15) is 0 Å². The standard InChI is InChI=1S/C7H13N.2ClH/c1-6(2)4-7(3)5-8;;/h6-7H,4H2,1-3H3;2*1H. The van der Waals surface area contributed by atoms with Crippen molar-refractivity contribution >= 4 is 24.8 Å². The van der Waals surface area contributed by atoms with E-state index in [4.69, 9.17) is 5.26 Å². The maximum atomic E-state index is 8.33. The highest BCUT2D eigenvalue weighted by atomic mass is 35.5.